The van der Waals surface area contributed by atoms with Gasteiger partial charge in [-0.25, -0.2) is 4.68 Å². The zero-order valence-electron chi connectivity index (χ0n) is 12.4. The molecule has 6 nitrogen and oxygen atoms in total. The van der Waals surface area contributed by atoms with E-state index in [2.05, 4.69) is 36.3 Å². The van der Waals surface area contributed by atoms with Crippen LogP contribution in [0.3, 0.4) is 0 Å². The molecule has 0 aliphatic heterocycles. The Bertz CT molecular complexity index is 351. The molecule has 0 atom stereocenters. The van der Waals surface area contributed by atoms with E-state index < -0.39 is 0 Å². The molecule has 0 fully saturated rings. The minimum Gasteiger partial charge on any atom is -0.324 e. The Morgan fingerprint density at radius 3 is 2.37 bits per heavy atom. The molecule has 0 saturated carbocycles. The van der Waals surface area contributed by atoms with Gasteiger partial charge in [0.15, 0.2) is 0 Å². The lowest BCUT2D eigenvalue weighted by Gasteiger charge is -2.35. The summed E-state index contributed by atoms with van der Waals surface area (Å²) in [7, 11) is 0. The highest BCUT2D eigenvalue weighted by Crippen LogP contribution is 2.09. The van der Waals surface area contributed by atoms with Crippen LogP contribution in [0.2, 0.25) is 0 Å². The molecule has 0 aliphatic rings. The number of nitrogens with zero attached hydrogens (tertiary/aromatic N) is 5. The van der Waals surface area contributed by atoms with Crippen LogP contribution < -0.4 is 0 Å². The molecule has 19 heavy (non-hydrogen) atoms. The minimum absolute atomic E-state index is 0.353. The van der Waals surface area contributed by atoms with Crippen LogP contribution in [0.5, 0.6) is 0 Å². The fraction of sp³-hybridized carbons (Fsp3) is 0.846. The van der Waals surface area contributed by atoms with E-state index in [4.69, 9.17) is 0 Å². The molecule has 0 aromatic carbocycles. The molecule has 0 saturated heterocycles. The number of hydrogen-bond acceptors (Lipinski definition) is 4. The quantitative estimate of drug-likeness (QED) is 0.600. The van der Waals surface area contributed by atoms with Crippen LogP contribution in [0.4, 0.5) is 0 Å². The molecule has 6 heteroatoms. The molecule has 0 amide bonds. The van der Waals surface area contributed by atoms with Gasteiger partial charge in [-0.05, 0) is 37.6 Å². The first-order valence-electron chi connectivity index (χ1n) is 7.23. The van der Waals surface area contributed by atoms with Gasteiger partial charge in [-0.1, -0.05) is 0 Å². The Labute approximate surface area is 115 Å². The summed E-state index contributed by atoms with van der Waals surface area (Å²) in [5.74, 6) is 0.353. The third-order valence-corrected chi connectivity index (χ3v) is 4.11. The maximum atomic E-state index is 11.9. The van der Waals surface area contributed by atoms with E-state index in [1.54, 1.807) is 11.0 Å². The van der Waals surface area contributed by atoms with Crippen molar-refractivity contribution in [3.8, 4) is 0 Å². The van der Waals surface area contributed by atoms with Crippen molar-refractivity contribution in [1.29, 1.82) is 0 Å². The zero-order valence-corrected chi connectivity index (χ0v) is 12.4. The lowest BCUT2D eigenvalue weighted by Crippen LogP contribution is -2.48. The van der Waals surface area contributed by atoms with Crippen molar-refractivity contribution in [2.24, 2.45) is 0 Å². The van der Waals surface area contributed by atoms with Gasteiger partial charge >= 0.3 is 0 Å². The average Bonchev–Trinajstić information content (AvgIpc) is 2.94. The van der Waals surface area contributed by atoms with Gasteiger partial charge in [-0.15, -0.1) is 5.10 Å². The Kier molecular flexibility index (Phi) is 6.62. The van der Waals surface area contributed by atoms with Crippen molar-refractivity contribution in [3.05, 3.63) is 6.33 Å². The van der Waals surface area contributed by atoms with E-state index >= 15 is 0 Å². The molecular weight excluding hydrogens is 242 g/mol. The highest BCUT2D eigenvalue weighted by atomic mass is 16.1. The van der Waals surface area contributed by atoms with E-state index in [9.17, 15) is 4.79 Å². The summed E-state index contributed by atoms with van der Waals surface area (Å²) in [4.78, 5) is 11.9. The minimum atomic E-state index is 0.353. The Balaban J connectivity index is 2.23. The Morgan fingerprint density at radius 1 is 1.16 bits per heavy atom. The summed E-state index contributed by atoms with van der Waals surface area (Å²) in [5.41, 5.74) is 0. The van der Waals surface area contributed by atoms with E-state index in [-0.39, 0.29) is 0 Å². The van der Waals surface area contributed by atoms with Crippen LogP contribution in [0, 0.1) is 0 Å². The first kappa shape index (κ1) is 15.8. The van der Waals surface area contributed by atoms with Crippen LogP contribution in [0.1, 0.15) is 40.0 Å². The number of aryl methyl sites for hydroxylation is 1. The second kappa shape index (κ2) is 7.99. The highest BCUT2D eigenvalue weighted by Gasteiger charge is 2.21. The molecule has 0 radical (unpaired) electrons. The number of carbonyl (C=O) groups excluding carboxylic acids is 1. The second-order valence-corrected chi connectivity index (χ2v) is 4.98. The molecule has 0 aliphatic carbocycles. The van der Waals surface area contributed by atoms with Crippen LogP contribution in [0.25, 0.3) is 0 Å². The van der Waals surface area contributed by atoms with Crippen molar-refractivity contribution in [1.82, 2.24) is 20.2 Å². The molecule has 0 spiro atoms. The first-order valence-corrected chi connectivity index (χ1v) is 7.23. The van der Waals surface area contributed by atoms with Gasteiger partial charge in [0.25, 0.3) is 0 Å². The van der Waals surface area contributed by atoms with Crippen molar-refractivity contribution < 1.29 is 9.28 Å². The summed E-state index contributed by atoms with van der Waals surface area (Å²) < 4.78 is 2.70. The molecule has 0 N–H and O–H groups in total. The average molecular weight is 268 g/mol. The van der Waals surface area contributed by atoms with E-state index in [1.807, 2.05) is 0 Å². The third-order valence-electron chi connectivity index (χ3n) is 4.11. The van der Waals surface area contributed by atoms with Gasteiger partial charge in [0.2, 0.25) is 0 Å². The number of quaternary nitrogens is 1. The summed E-state index contributed by atoms with van der Waals surface area (Å²) >= 11 is 0. The monoisotopic (exact) mass is 268 g/mol. The molecule has 108 valence electrons. The van der Waals surface area contributed by atoms with Crippen LogP contribution in [-0.2, 0) is 11.3 Å². The third kappa shape index (κ3) is 5.06. The molecule has 1 aromatic rings. The fourth-order valence-electron chi connectivity index (χ4n) is 2.35. The maximum Gasteiger partial charge on any atom is 0.138 e. The van der Waals surface area contributed by atoms with Gasteiger partial charge in [0, 0.05) is 13.0 Å². The lowest BCUT2D eigenvalue weighted by atomic mass is 10.1. The predicted octanol–water partition coefficient (Wildman–Crippen LogP) is 1.29. The molecule has 1 rings (SSSR count). The van der Waals surface area contributed by atoms with Crippen LogP contribution >= 0.6 is 0 Å². The smallest absolute Gasteiger partial charge is 0.138 e. The number of aromatic nitrogens is 4. The SMILES string of the molecule is CC[N+](CC)(CC)CCC(=O)CCCn1cnnn1. The predicted molar refractivity (Wildman–Crippen MR) is 73.4 cm³/mol. The second-order valence-electron chi connectivity index (χ2n) is 4.98. The van der Waals surface area contributed by atoms with E-state index in [1.165, 1.54) is 0 Å². The normalized spacial score (nSPS) is 11.7. The summed E-state index contributed by atoms with van der Waals surface area (Å²) in [6.45, 7) is 11.6. The largest absolute Gasteiger partial charge is 0.324 e. The molecule has 0 unspecified atom stereocenters. The fourth-order valence-corrected chi connectivity index (χ4v) is 2.35. The van der Waals surface area contributed by atoms with Crippen molar-refractivity contribution >= 4 is 5.78 Å². The summed E-state index contributed by atoms with van der Waals surface area (Å²) in [6, 6.07) is 0. The van der Waals surface area contributed by atoms with E-state index in [0.717, 1.165) is 37.1 Å². The van der Waals surface area contributed by atoms with Crippen LogP contribution in [0.15, 0.2) is 6.33 Å². The highest BCUT2D eigenvalue weighted by molar-refractivity contribution is 5.78. The Morgan fingerprint density at radius 2 is 1.84 bits per heavy atom. The Hall–Kier alpha value is -1.30. The first-order chi connectivity index (χ1) is 9.15. The van der Waals surface area contributed by atoms with Gasteiger partial charge in [0.1, 0.15) is 12.1 Å². The van der Waals surface area contributed by atoms with E-state index in [0.29, 0.717) is 25.2 Å². The van der Waals surface area contributed by atoms with Gasteiger partial charge in [0.05, 0.1) is 32.6 Å². The number of hydrogen-bond donors (Lipinski definition) is 0. The summed E-state index contributed by atoms with van der Waals surface area (Å²) in [5, 5.41) is 10.9. The number of carbonyl (C=O) groups is 1. The molecular formula is C13H26N5O+. The standard InChI is InChI=1S/C13H26N5O/c1-4-18(5-2,6-3)11-9-13(19)8-7-10-17-12-14-15-16-17/h12H,4-11H2,1-3H3/q+1. The maximum absolute atomic E-state index is 11.9. The van der Waals surface area contributed by atoms with Gasteiger partial charge < -0.3 is 4.48 Å². The molecule has 0 bridgehead atoms. The zero-order chi connectivity index (χ0) is 14.1. The van der Waals surface area contributed by atoms with Crippen molar-refractivity contribution in [2.45, 2.75) is 46.6 Å². The lowest BCUT2D eigenvalue weighted by molar-refractivity contribution is -0.922. The number of Topliss-reactive ketones (excluding diaryl/α,β-unsaturated/α-hetero) is 1. The van der Waals surface area contributed by atoms with Crippen LogP contribution in [-0.4, -0.2) is 56.7 Å². The molecule has 1 aromatic heterocycles. The van der Waals surface area contributed by atoms with Gasteiger partial charge in [-0.3, -0.25) is 4.79 Å². The molecule has 1 heterocycles. The van der Waals surface area contributed by atoms with Crippen molar-refractivity contribution in [3.63, 3.8) is 0 Å². The topological polar surface area (TPSA) is 60.7 Å². The number of rotatable bonds is 10. The van der Waals surface area contributed by atoms with Gasteiger partial charge in [-0.2, -0.15) is 0 Å². The number of tetrazole rings is 1. The number of ketones is 1. The summed E-state index contributed by atoms with van der Waals surface area (Å²) in [6.07, 6.45) is 3.70. The van der Waals surface area contributed by atoms with Crippen molar-refractivity contribution in [2.75, 3.05) is 26.2 Å².